The second kappa shape index (κ2) is 7.19. The summed E-state index contributed by atoms with van der Waals surface area (Å²) in [6, 6.07) is 4.09. The zero-order chi connectivity index (χ0) is 16.2. The first-order valence-corrected chi connectivity index (χ1v) is 7.88. The molecule has 122 valence electrons. The summed E-state index contributed by atoms with van der Waals surface area (Å²) >= 11 is 6.05. The van der Waals surface area contributed by atoms with E-state index in [-0.39, 0.29) is 18.2 Å². The molecule has 1 unspecified atom stereocenters. The van der Waals surface area contributed by atoms with Gasteiger partial charge in [-0.15, -0.1) is 0 Å². The summed E-state index contributed by atoms with van der Waals surface area (Å²) in [6.45, 7) is 1.74. The molecule has 0 radical (unpaired) electrons. The Morgan fingerprint density at radius 3 is 2.83 bits per heavy atom. The third-order valence-electron chi connectivity index (χ3n) is 3.96. The molecule has 2 heterocycles. The number of nitrogens with zero attached hydrogens (tertiary/aromatic N) is 3. The Balaban J connectivity index is 1.66. The van der Waals surface area contributed by atoms with E-state index in [1.54, 1.807) is 0 Å². The van der Waals surface area contributed by atoms with Crippen molar-refractivity contribution in [3.63, 3.8) is 0 Å². The lowest BCUT2D eigenvalue weighted by molar-refractivity contribution is 0.203. The standard InChI is InChI=1S/C16H17ClF2N4/c17-13-7-20-10-21-16(13)22-11-3-2-6-23(8-11)9-12-14(18)4-1-5-15(12)19/h1,4-5,7,10-11H,2-3,6,8-9H2,(H,20,21,22). The lowest BCUT2D eigenvalue weighted by Crippen LogP contribution is -2.42. The Labute approximate surface area is 138 Å². The fraction of sp³-hybridized carbons (Fsp3) is 0.375. The van der Waals surface area contributed by atoms with Gasteiger partial charge >= 0.3 is 0 Å². The monoisotopic (exact) mass is 338 g/mol. The lowest BCUT2D eigenvalue weighted by Gasteiger charge is -2.33. The third kappa shape index (κ3) is 3.95. The smallest absolute Gasteiger partial charge is 0.148 e. The molecule has 0 spiro atoms. The van der Waals surface area contributed by atoms with Crippen LogP contribution in [0.2, 0.25) is 5.02 Å². The van der Waals surface area contributed by atoms with Crippen LogP contribution in [0.4, 0.5) is 14.6 Å². The van der Waals surface area contributed by atoms with Crippen LogP contribution in [0.1, 0.15) is 18.4 Å². The van der Waals surface area contributed by atoms with Crippen molar-refractivity contribution in [1.29, 1.82) is 0 Å². The van der Waals surface area contributed by atoms with Crippen molar-refractivity contribution < 1.29 is 8.78 Å². The van der Waals surface area contributed by atoms with Gasteiger partial charge in [-0.1, -0.05) is 17.7 Å². The van der Waals surface area contributed by atoms with Gasteiger partial charge in [0.2, 0.25) is 0 Å². The Bertz CT molecular complexity index is 663. The van der Waals surface area contributed by atoms with Crippen LogP contribution < -0.4 is 5.32 Å². The summed E-state index contributed by atoms with van der Waals surface area (Å²) in [5, 5.41) is 3.74. The maximum Gasteiger partial charge on any atom is 0.148 e. The fourth-order valence-corrected chi connectivity index (χ4v) is 3.00. The minimum atomic E-state index is -0.501. The number of hydrogen-bond acceptors (Lipinski definition) is 4. The normalized spacial score (nSPS) is 18.8. The van der Waals surface area contributed by atoms with E-state index < -0.39 is 11.6 Å². The molecule has 0 saturated carbocycles. The van der Waals surface area contributed by atoms with Crippen molar-refractivity contribution in [2.75, 3.05) is 18.4 Å². The molecule has 1 aromatic heterocycles. The average molecular weight is 339 g/mol. The first-order valence-electron chi connectivity index (χ1n) is 7.51. The largest absolute Gasteiger partial charge is 0.365 e. The van der Waals surface area contributed by atoms with Crippen molar-refractivity contribution in [1.82, 2.24) is 14.9 Å². The summed E-state index contributed by atoms with van der Waals surface area (Å²) in [6.07, 6.45) is 4.86. The Kier molecular flexibility index (Phi) is 5.03. The number of nitrogens with one attached hydrogen (secondary N) is 1. The van der Waals surface area contributed by atoms with E-state index >= 15 is 0 Å². The van der Waals surface area contributed by atoms with Gasteiger partial charge in [0, 0.05) is 24.7 Å². The van der Waals surface area contributed by atoms with E-state index in [4.69, 9.17) is 11.6 Å². The predicted molar refractivity (Wildman–Crippen MR) is 85.3 cm³/mol. The molecule has 1 fully saturated rings. The maximum atomic E-state index is 13.8. The lowest BCUT2D eigenvalue weighted by atomic mass is 10.0. The molecule has 7 heteroatoms. The summed E-state index contributed by atoms with van der Waals surface area (Å²) in [7, 11) is 0. The highest BCUT2D eigenvalue weighted by Gasteiger charge is 2.22. The van der Waals surface area contributed by atoms with Gasteiger partial charge in [-0.05, 0) is 31.5 Å². The second-order valence-electron chi connectivity index (χ2n) is 5.64. The van der Waals surface area contributed by atoms with Crippen molar-refractivity contribution >= 4 is 17.4 Å². The molecule has 4 nitrogen and oxygen atoms in total. The van der Waals surface area contributed by atoms with Crippen molar-refractivity contribution in [3.8, 4) is 0 Å². The van der Waals surface area contributed by atoms with Gasteiger partial charge in [-0.25, -0.2) is 18.7 Å². The van der Waals surface area contributed by atoms with E-state index in [2.05, 4.69) is 15.3 Å². The quantitative estimate of drug-likeness (QED) is 0.926. The molecular formula is C16H17ClF2N4. The number of hydrogen-bond donors (Lipinski definition) is 1. The number of piperidine rings is 1. The predicted octanol–water partition coefficient (Wildman–Crippen LogP) is 3.48. The second-order valence-corrected chi connectivity index (χ2v) is 6.05. The van der Waals surface area contributed by atoms with Crippen LogP contribution in [-0.2, 0) is 6.54 Å². The minimum absolute atomic E-state index is 0.119. The molecule has 1 aliphatic rings. The molecule has 1 aliphatic heterocycles. The van der Waals surface area contributed by atoms with Gasteiger partial charge < -0.3 is 5.32 Å². The Morgan fingerprint density at radius 1 is 1.30 bits per heavy atom. The van der Waals surface area contributed by atoms with Gasteiger partial charge in [0.15, 0.2) is 0 Å². The number of rotatable bonds is 4. The Morgan fingerprint density at radius 2 is 2.09 bits per heavy atom. The first-order chi connectivity index (χ1) is 11.1. The van der Waals surface area contributed by atoms with E-state index in [9.17, 15) is 8.78 Å². The van der Waals surface area contributed by atoms with Crippen LogP contribution in [0.5, 0.6) is 0 Å². The molecule has 0 bridgehead atoms. The van der Waals surface area contributed by atoms with Gasteiger partial charge in [0.25, 0.3) is 0 Å². The van der Waals surface area contributed by atoms with E-state index in [0.29, 0.717) is 17.4 Å². The summed E-state index contributed by atoms with van der Waals surface area (Å²) in [5.41, 5.74) is 0.119. The summed E-state index contributed by atoms with van der Waals surface area (Å²) < 4.78 is 27.6. The van der Waals surface area contributed by atoms with E-state index in [0.717, 1.165) is 19.4 Å². The van der Waals surface area contributed by atoms with Gasteiger partial charge in [-0.3, -0.25) is 4.90 Å². The van der Waals surface area contributed by atoms with Crippen LogP contribution in [0, 0.1) is 11.6 Å². The Hall–Kier alpha value is -1.79. The third-order valence-corrected chi connectivity index (χ3v) is 4.23. The minimum Gasteiger partial charge on any atom is -0.365 e. The van der Waals surface area contributed by atoms with Crippen molar-refractivity contribution in [2.24, 2.45) is 0 Å². The number of likely N-dealkylation sites (tertiary alicyclic amines) is 1. The summed E-state index contributed by atoms with van der Waals surface area (Å²) in [4.78, 5) is 10.0. The molecule has 1 N–H and O–H groups in total. The first kappa shape index (κ1) is 16.1. The van der Waals surface area contributed by atoms with Crippen LogP contribution in [0.3, 0.4) is 0 Å². The molecule has 23 heavy (non-hydrogen) atoms. The molecular weight excluding hydrogens is 322 g/mol. The molecule has 1 atom stereocenters. The highest BCUT2D eigenvalue weighted by molar-refractivity contribution is 6.32. The fourth-order valence-electron chi connectivity index (χ4n) is 2.84. The zero-order valence-electron chi connectivity index (χ0n) is 12.5. The average Bonchev–Trinajstić information content (AvgIpc) is 2.54. The van der Waals surface area contributed by atoms with Crippen LogP contribution in [-0.4, -0.2) is 34.0 Å². The number of aromatic nitrogens is 2. The van der Waals surface area contributed by atoms with Gasteiger partial charge in [0.05, 0.1) is 6.20 Å². The topological polar surface area (TPSA) is 41.0 Å². The zero-order valence-corrected chi connectivity index (χ0v) is 13.2. The highest BCUT2D eigenvalue weighted by Crippen LogP contribution is 2.22. The number of halogens is 3. The highest BCUT2D eigenvalue weighted by atomic mass is 35.5. The van der Waals surface area contributed by atoms with Crippen molar-refractivity contribution in [3.05, 3.63) is 52.9 Å². The number of anilines is 1. The molecule has 1 saturated heterocycles. The molecule has 1 aromatic carbocycles. The molecule has 0 aliphatic carbocycles. The molecule has 3 rings (SSSR count). The summed E-state index contributed by atoms with van der Waals surface area (Å²) in [5.74, 6) is -0.413. The maximum absolute atomic E-state index is 13.8. The van der Waals surface area contributed by atoms with Gasteiger partial charge in [0.1, 0.15) is 28.8 Å². The van der Waals surface area contributed by atoms with Crippen molar-refractivity contribution in [2.45, 2.75) is 25.4 Å². The molecule has 0 amide bonds. The van der Waals surface area contributed by atoms with Gasteiger partial charge in [-0.2, -0.15) is 0 Å². The van der Waals surface area contributed by atoms with Crippen LogP contribution in [0.15, 0.2) is 30.7 Å². The number of benzene rings is 1. The SMILES string of the molecule is Fc1cccc(F)c1CN1CCCC(Nc2ncncc2Cl)C1. The van der Waals surface area contributed by atoms with E-state index in [1.807, 2.05) is 4.90 Å². The van der Waals surface area contributed by atoms with Crippen LogP contribution in [0.25, 0.3) is 0 Å². The van der Waals surface area contributed by atoms with E-state index in [1.165, 1.54) is 30.7 Å². The van der Waals surface area contributed by atoms with Crippen LogP contribution >= 0.6 is 11.6 Å². The molecule has 2 aromatic rings.